The number of benzene rings is 1. The average molecular weight is 288 g/mol. The lowest BCUT2D eigenvalue weighted by Gasteiger charge is -2.27. The minimum atomic E-state index is -0.529. The zero-order chi connectivity index (χ0) is 14.7. The SMILES string of the molecule is NC(=O)Nc1ccc(NC2CCCC2C2CCCN2)cc1. The van der Waals surface area contributed by atoms with Crippen molar-refractivity contribution >= 4 is 17.4 Å². The quantitative estimate of drug-likeness (QED) is 0.687. The van der Waals surface area contributed by atoms with E-state index in [1.165, 1.54) is 38.6 Å². The van der Waals surface area contributed by atoms with Crippen molar-refractivity contribution < 1.29 is 4.79 Å². The summed E-state index contributed by atoms with van der Waals surface area (Å²) >= 11 is 0. The van der Waals surface area contributed by atoms with Gasteiger partial charge in [0.2, 0.25) is 0 Å². The number of carbonyl (C=O) groups is 1. The van der Waals surface area contributed by atoms with Crippen LogP contribution in [0.15, 0.2) is 24.3 Å². The van der Waals surface area contributed by atoms with Gasteiger partial charge in [0.25, 0.3) is 0 Å². The standard InChI is InChI=1S/C16H24N4O/c17-16(21)20-12-8-6-11(7-9-12)19-15-4-1-3-13(15)14-5-2-10-18-14/h6-9,13-15,18-19H,1-5,10H2,(H3,17,20,21). The lowest BCUT2D eigenvalue weighted by Crippen LogP contribution is -2.38. The summed E-state index contributed by atoms with van der Waals surface area (Å²) in [5.41, 5.74) is 6.95. The first-order valence-corrected chi connectivity index (χ1v) is 7.89. The number of carbonyl (C=O) groups excluding carboxylic acids is 1. The molecule has 2 fully saturated rings. The van der Waals surface area contributed by atoms with Gasteiger partial charge in [-0.3, -0.25) is 0 Å². The maximum absolute atomic E-state index is 10.8. The van der Waals surface area contributed by atoms with Gasteiger partial charge in [0.1, 0.15) is 0 Å². The Morgan fingerprint density at radius 3 is 2.52 bits per heavy atom. The Kier molecular flexibility index (Phi) is 4.29. The highest BCUT2D eigenvalue weighted by Crippen LogP contribution is 2.34. The molecule has 3 atom stereocenters. The van der Waals surface area contributed by atoms with Crippen LogP contribution in [0.1, 0.15) is 32.1 Å². The summed E-state index contributed by atoms with van der Waals surface area (Å²) in [5.74, 6) is 0.732. The molecule has 21 heavy (non-hydrogen) atoms. The van der Waals surface area contributed by atoms with Crippen LogP contribution in [0.3, 0.4) is 0 Å². The summed E-state index contributed by atoms with van der Waals surface area (Å²) in [5, 5.41) is 9.89. The molecule has 3 rings (SSSR count). The minimum Gasteiger partial charge on any atom is -0.382 e. The number of primary amides is 1. The van der Waals surface area contributed by atoms with Gasteiger partial charge in [0.15, 0.2) is 0 Å². The molecule has 2 aliphatic rings. The van der Waals surface area contributed by atoms with Gasteiger partial charge in [-0.1, -0.05) is 6.42 Å². The molecule has 3 unspecified atom stereocenters. The molecular weight excluding hydrogens is 264 g/mol. The Morgan fingerprint density at radius 2 is 1.86 bits per heavy atom. The maximum atomic E-state index is 10.8. The highest BCUT2D eigenvalue weighted by Gasteiger charge is 2.34. The fourth-order valence-electron chi connectivity index (χ4n) is 3.73. The zero-order valence-electron chi connectivity index (χ0n) is 12.3. The second-order valence-corrected chi connectivity index (χ2v) is 6.12. The van der Waals surface area contributed by atoms with Crippen molar-refractivity contribution in [3.05, 3.63) is 24.3 Å². The van der Waals surface area contributed by atoms with Crippen molar-refractivity contribution in [2.75, 3.05) is 17.2 Å². The third-order valence-electron chi connectivity index (χ3n) is 4.69. The Morgan fingerprint density at radius 1 is 1.10 bits per heavy atom. The van der Waals surface area contributed by atoms with Gasteiger partial charge in [0, 0.05) is 23.5 Å². The molecule has 1 saturated carbocycles. The number of nitrogens with two attached hydrogens (primary N) is 1. The van der Waals surface area contributed by atoms with E-state index in [2.05, 4.69) is 16.0 Å². The normalized spacial score (nSPS) is 28.5. The van der Waals surface area contributed by atoms with Crippen LogP contribution in [-0.4, -0.2) is 24.7 Å². The molecular formula is C16H24N4O. The fourth-order valence-corrected chi connectivity index (χ4v) is 3.73. The molecule has 0 aromatic heterocycles. The van der Waals surface area contributed by atoms with E-state index in [0.29, 0.717) is 12.1 Å². The molecule has 5 heteroatoms. The zero-order valence-corrected chi connectivity index (χ0v) is 12.3. The number of hydrogen-bond acceptors (Lipinski definition) is 3. The van der Waals surface area contributed by atoms with Crippen LogP contribution in [-0.2, 0) is 0 Å². The lowest BCUT2D eigenvalue weighted by molar-refractivity contribution is 0.259. The van der Waals surface area contributed by atoms with Crippen LogP contribution < -0.4 is 21.7 Å². The second kappa shape index (κ2) is 6.35. The van der Waals surface area contributed by atoms with Crippen molar-refractivity contribution in [2.24, 2.45) is 11.7 Å². The first kappa shape index (κ1) is 14.2. The second-order valence-electron chi connectivity index (χ2n) is 6.12. The van der Waals surface area contributed by atoms with E-state index in [-0.39, 0.29) is 0 Å². The van der Waals surface area contributed by atoms with E-state index in [1.807, 2.05) is 24.3 Å². The monoisotopic (exact) mass is 288 g/mol. The van der Waals surface area contributed by atoms with Crippen molar-refractivity contribution in [1.29, 1.82) is 0 Å². The summed E-state index contributed by atoms with van der Waals surface area (Å²) in [7, 11) is 0. The van der Waals surface area contributed by atoms with Crippen LogP contribution >= 0.6 is 0 Å². The van der Waals surface area contributed by atoms with Crippen LogP contribution in [0.25, 0.3) is 0 Å². The van der Waals surface area contributed by atoms with Crippen LogP contribution in [0.4, 0.5) is 16.2 Å². The molecule has 1 aromatic carbocycles. The molecule has 5 N–H and O–H groups in total. The van der Waals surface area contributed by atoms with E-state index in [9.17, 15) is 4.79 Å². The highest BCUT2D eigenvalue weighted by molar-refractivity contribution is 5.87. The number of nitrogens with one attached hydrogen (secondary N) is 3. The summed E-state index contributed by atoms with van der Waals surface area (Å²) < 4.78 is 0. The summed E-state index contributed by atoms with van der Waals surface area (Å²) in [6, 6.07) is 8.47. The van der Waals surface area contributed by atoms with Gasteiger partial charge in [-0.2, -0.15) is 0 Å². The molecule has 1 saturated heterocycles. The Balaban J connectivity index is 1.61. The van der Waals surface area contributed by atoms with Crippen LogP contribution in [0.2, 0.25) is 0 Å². The Bertz CT molecular complexity index is 482. The van der Waals surface area contributed by atoms with Crippen molar-refractivity contribution in [3.63, 3.8) is 0 Å². The first-order chi connectivity index (χ1) is 10.2. The number of urea groups is 1. The van der Waals surface area contributed by atoms with E-state index in [1.54, 1.807) is 0 Å². The molecule has 1 aliphatic carbocycles. The number of anilines is 2. The third kappa shape index (κ3) is 3.47. The molecule has 1 aromatic rings. The van der Waals surface area contributed by atoms with Crippen molar-refractivity contribution in [2.45, 2.75) is 44.2 Å². The summed E-state index contributed by atoms with van der Waals surface area (Å²) in [6.07, 6.45) is 6.48. The van der Waals surface area contributed by atoms with Gasteiger partial charge in [-0.15, -0.1) is 0 Å². The number of hydrogen-bond donors (Lipinski definition) is 4. The molecule has 0 bridgehead atoms. The van der Waals surface area contributed by atoms with E-state index < -0.39 is 6.03 Å². The van der Waals surface area contributed by atoms with Gasteiger partial charge in [-0.25, -0.2) is 4.79 Å². The average Bonchev–Trinajstić information content (AvgIpc) is 3.11. The minimum absolute atomic E-state index is 0.529. The maximum Gasteiger partial charge on any atom is 0.316 e. The third-order valence-corrected chi connectivity index (χ3v) is 4.69. The first-order valence-electron chi connectivity index (χ1n) is 7.89. The Hall–Kier alpha value is -1.75. The molecule has 2 amide bonds. The van der Waals surface area contributed by atoms with Gasteiger partial charge in [-0.05, 0) is 62.4 Å². The molecule has 114 valence electrons. The molecule has 1 heterocycles. The van der Waals surface area contributed by atoms with Crippen LogP contribution in [0, 0.1) is 5.92 Å². The smallest absolute Gasteiger partial charge is 0.316 e. The van der Waals surface area contributed by atoms with Gasteiger partial charge >= 0.3 is 6.03 Å². The number of rotatable bonds is 4. The fraction of sp³-hybridized carbons (Fsp3) is 0.562. The summed E-state index contributed by atoms with van der Waals surface area (Å²) in [6.45, 7) is 1.17. The van der Waals surface area contributed by atoms with Gasteiger partial charge in [0.05, 0.1) is 0 Å². The van der Waals surface area contributed by atoms with E-state index >= 15 is 0 Å². The molecule has 0 spiro atoms. The van der Waals surface area contributed by atoms with Crippen LogP contribution in [0.5, 0.6) is 0 Å². The summed E-state index contributed by atoms with van der Waals surface area (Å²) in [4.78, 5) is 10.8. The largest absolute Gasteiger partial charge is 0.382 e. The number of amides is 2. The van der Waals surface area contributed by atoms with E-state index in [0.717, 1.165) is 17.3 Å². The highest BCUT2D eigenvalue weighted by atomic mass is 16.2. The van der Waals surface area contributed by atoms with Crippen molar-refractivity contribution in [1.82, 2.24) is 5.32 Å². The topological polar surface area (TPSA) is 79.2 Å². The predicted octanol–water partition coefficient (Wildman–Crippen LogP) is 2.51. The van der Waals surface area contributed by atoms with E-state index in [4.69, 9.17) is 5.73 Å². The van der Waals surface area contributed by atoms with Gasteiger partial charge < -0.3 is 21.7 Å². The van der Waals surface area contributed by atoms with Crippen molar-refractivity contribution in [3.8, 4) is 0 Å². The molecule has 1 aliphatic heterocycles. The lowest BCUT2D eigenvalue weighted by atomic mass is 9.93. The molecule has 0 radical (unpaired) electrons. The predicted molar refractivity (Wildman–Crippen MR) is 85.4 cm³/mol. The molecule has 5 nitrogen and oxygen atoms in total. The Labute approximate surface area is 125 Å².